The summed E-state index contributed by atoms with van der Waals surface area (Å²) in [6, 6.07) is 11.9. The Bertz CT molecular complexity index is 1220. The molecule has 1 N–H and O–H groups in total. The highest BCUT2D eigenvalue weighted by atomic mass is 32.2. The van der Waals surface area contributed by atoms with Crippen molar-refractivity contribution in [3.63, 3.8) is 0 Å². The van der Waals surface area contributed by atoms with Crippen LogP contribution in [-0.2, 0) is 25.5 Å². The molecule has 0 aliphatic carbocycles. The van der Waals surface area contributed by atoms with Crippen LogP contribution in [0.1, 0.15) is 37.8 Å². The van der Waals surface area contributed by atoms with Gasteiger partial charge in [-0.05, 0) is 44.5 Å². The Kier molecular flexibility index (Phi) is 6.87. The predicted octanol–water partition coefficient (Wildman–Crippen LogP) is 5.50. The first-order valence-electron chi connectivity index (χ1n) is 9.97. The van der Waals surface area contributed by atoms with Gasteiger partial charge in [0.05, 0.1) is 33.6 Å². The third-order valence-electron chi connectivity index (χ3n) is 5.01. The maximum Gasteiger partial charge on any atom is 0.513 e. The van der Waals surface area contributed by atoms with Gasteiger partial charge >= 0.3 is 12.3 Å². The minimum Gasteiger partial charge on any atom is -0.434 e. The summed E-state index contributed by atoms with van der Waals surface area (Å²) in [5.41, 5.74) is -1.09. The first-order valence-corrected chi connectivity index (χ1v) is 11.5. The number of sulfone groups is 1. The van der Waals surface area contributed by atoms with Gasteiger partial charge in [-0.2, -0.15) is 13.2 Å². The molecule has 0 radical (unpaired) electrons. The van der Waals surface area contributed by atoms with Gasteiger partial charge in [-0.1, -0.05) is 36.4 Å². The molecule has 0 amide bonds. The minimum atomic E-state index is -4.78. The Morgan fingerprint density at radius 2 is 1.61 bits per heavy atom. The number of halogens is 3. The van der Waals surface area contributed by atoms with E-state index in [9.17, 15) is 26.4 Å². The predicted molar refractivity (Wildman–Crippen MR) is 114 cm³/mol. The molecule has 3 rings (SSSR count). The minimum absolute atomic E-state index is 0.0353. The number of alkyl halides is 3. The highest BCUT2D eigenvalue weighted by Crippen LogP contribution is 2.47. The van der Waals surface area contributed by atoms with Gasteiger partial charge in [0.2, 0.25) is 9.84 Å². The number of benzene rings is 2. The molecule has 0 saturated carbocycles. The summed E-state index contributed by atoms with van der Waals surface area (Å²) in [6.07, 6.45) is -5.93. The lowest BCUT2D eigenvalue weighted by Crippen LogP contribution is -2.31. The molecular formula is C23H22F3NO5S. The second-order valence-corrected chi connectivity index (χ2v) is 9.14. The lowest BCUT2D eigenvalue weighted by atomic mass is 9.88. The summed E-state index contributed by atoms with van der Waals surface area (Å²) >= 11 is 0. The summed E-state index contributed by atoms with van der Waals surface area (Å²) in [6.45, 7) is 4.43. The molecule has 1 aliphatic heterocycles. The van der Waals surface area contributed by atoms with Gasteiger partial charge in [0.25, 0.3) is 0 Å². The van der Waals surface area contributed by atoms with E-state index >= 15 is 0 Å². The van der Waals surface area contributed by atoms with Crippen LogP contribution in [0.15, 0.2) is 81.6 Å². The van der Waals surface area contributed by atoms with Crippen LogP contribution >= 0.6 is 0 Å². The molecule has 0 saturated heterocycles. The number of ether oxygens (including phenoxy) is 2. The SMILES string of the molecule is CCOC(=O)OC1=C(C)NC(C)=C(S(=O)(=O)c2ccccc2)C1c1ccccc1C(F)(F)F. The van der Waals surface area contributed by atoms with Gasteiger partial charge in [-0.25, -0.2) is 13.2 Å². The second-order valence-electron chi connectivity index (χ2n) is 7.22. The van der Waals surface area contributed by atoms with Crippen LogP contribution in [0.2, 0.25) is 0 Å². The summed E-state index contributed by atoms with van der Waals surface area (Å²) in [5.74, 6) is -1.83. The van der Waals surface area contributed by atoms with Crippen molar-refractivity contribution < 1.29 is 35.9 Å². The smallest absolute Gasteiger partial charge is 0.434 e. The molecular weight excluding hydrogens is 459 g/mol. The zero-order valence-electron chi connectivity index (χ0n) is 18.1. The molecule has 33 heavy (non-hydrogen) atoms. The maximum absolute atomic E-state index is 13.9. The van der Waals surface area contributed by atoms with Crippen molar-refractivity contribution in [3.8, 4) is 0 Å². The number of nitrogens with one attached hydrogen (secondary N) is 1. The molecule has 0 aromatic heterocycles. The zero-order chi connectivity index (χ0) is 24.4. The Morgan fingerprint density at radius 1 is 1.00 bits per heavy atom. The molecule has 176 valence electrons. The molecule has 2 aromatic carbocycles. The van der Waals surface area contributed by atoms with Gasteiger partial charge in [0.1, 0.15) is 5.76 Å². The van der Waals surface area contributed by atoms with Crippen LogP contribution in [-0.4, -0.2) is 21.2 Å². The van der Waals surface area contributed by atoms with Crippen molar-refractivity contribution in [3.05, 3.63) is 87.8 Å². The van der Waals surface area contributed by atoms with E-state index in [1.807, 2.05) is 0 Å². The van der Waals surface area contributed by atoms with Crippen LogP contribution < -0.4 is 5.32 Å². The van der Waals surface area contributed by atoms with E-state index in [0.717, 1.165) is 6.07 Å². The van der Waals surface area contributed by atoms with Crippen molar-refractivity contribution in [2.24, 2.45) is 0 Å². The topological polar surface area (TPSA) is 81.7 Å². The number of dihydropyridines is 1. The van der Waals surface area contributed by atoms with Crippen LogP contribution in [0, 0.1) is 0 Å². The molecule has 0 fully saturated rings. The van der Waals surface area contributed by atoms with Crippen molar-refractivity contribution >= 4 is 16.0 Å². The highest BCUT2D eigenvalue weighted by Gasteiger charge is 2.44. The standard InChI is InChI=1S/C23H22F3NO5S/c1-4-31-22(28)32-20-14(2)27-15(3)21(33(29,30)16-10-6-5-7-11-16)19(20)17-12-8-9-13-18(17)23(24,25)26/h5-13,19,27H,4H2,1-3H3. The third kappa shape index (κ3) is 4.90. The molecule has 2 aromatic rings. The lowest BCUT2D eigenvalue weighted by Gasteiger charge is -2.32. The number of hydrogen-bond acceptors (Lipinski definition) is 6. The summed E-state index contributed by atoms with van der Waals surface area (Å²) < 4.78 is 79.1. The van der Waals surface area contributed by atoms with E-state index in [0.29, 0.717) is 0 Å². The maximum atomic E-state index is 13.9. The summed E-state index contributed by atoms with van der Waals surface area (Å²) in [7, 11) is -4.29. The Morgan fingerprint density at radius 3 is 2.21 bits per heavy atom. The Hall–Kier alpha value is -3.27. The fourth-order valence-electron chi connectivity index (χ4n) is 3.70. The quantitative estimate of drug-likeness (QED) is 0.568. The first-order chi connectivity index (χ1) is 15.5. The van der Waals surface area contributed by atoms with Crippen molar-refractivity contribution in [1.82, 2.24) is 5.32 Å². The van der Waals surface area contributed by atoms with Gasteiger partial charge in [0, 0.05) is 5.70 Å². The van der Waals surface area contributed by atoms with E-state index < -0.39 is 33.7 Å². The second kappa shape index (κ2) is 9.30. The molecule has 6 nitrogen and oxygen atoms in total. The van der Waals surface area contributed by atoms with Crippen LogP contribution in [0.5, 0.6) is 0 Å². The van der Waals surface area contributed by atoms with Crippen LogP contribution in [0.25, 0.3) is 0 Å². The Labute approximate surface area is 189 Å². The normalized spacial score (nSPS) is 17.0. The molecule has 1 aliphatic rings. The van der Waals surface area contributed by atoms with E-state index in [1.54, 1.807) is 6.07 Å². The third-order valence-corrected chi connectivity index (χ3v) is 7.03. The van der Waals surface area contributed by atoms with E-state index in [2.05, 4.69) is 5.32 Å². The van der Waals surface area contributed by atoms with Gasteiger partial charge in [0.15, 0.2) is 0 Å². The molecule has 0 spiro atoms. The van der Waals surface area contributed by atoms with Crippen LogP contribution in [0.4, 0.5) is 18.0 Å². The van der Waals surface area contributed by atoms with Gasteiger partial charge < -0.3 is 14.8 Å². The summed E-state index contributed by atoms with van der Waals surface area (Å²) in [5, 5.41) is 2.83. The number of allylic oxidation sites excluding steroid dienone is 3. The van der Waals surface area contributed by atoms with E-state index in [4.69, 9.17) is 9.47 Å². The average Bonchev–Trinajstić information content (AvgIpc) is 2.75. The van der Waals surface area contributed by atoms with E-state index in [-0.39, 0.29) is 39.1 Å². The molecule has 1 unspecified atom stereocenters. The number of rotatable bonds is 5. The molecule has 0 bridgehead atoms. The van der Waals surface area contributed by atoms with Crippen molar-refractivity contribution in [1.29, 1.82) is 0 Å². The average molecular weight is 481 g/mol. The van der Waals surface area contributed by atoms with E-state index in [1.165, 1.54) is 63.2 Å². The van der Waals surface area contributed by atoms with Crippen molar-refractivity contribution in [2.75, 3.05) is 6.61 Å². The summed E-state index contributed by atoms with van der Waals surface area (Å²) in [4.78, 5) is 11.7. The molecule has 10 heteroatoms. The molecule has 1 heterocycles. The number of carbonyl (C=O) groups is 1. The van der Waals surface area contributed by atoms with Gasteiger partial charge in [-0.15, -0.1) is 0 Å². The largest absolute Gasteiger partial charge is 0.513 e. The lowest BCUT2D eigenvalue weighted by molar-refractivity contribution is -0.138. The number of carbonyl (C=O) groups excluding carboxylic acids is 1. The first kappa shape index (κ1) is 24.4. The highest BCUT2D eigenvalue weighted by molar-refractivity contribution is 7.95. The Balaban J connectivity index is 2.31. The fraction of sp³-hybridized carbons (Fsp3) is 0.261. The zero-order valence-corrected chi connectivity index (χ0v) is 18.9. The van der Waals surface area contributed by atoms with Gasteiger partial charge in [-0.3, -0.25) is 0 Å². The monoisotopic (exact) mass is 481 g/mol. The number of hydrogen-bond donors (Lipinski definition) is 1. The van der Waals surface area contributed by atoms with Crippen molar-refractivity contribution in [2.45, 2.75) is 37.8 Å². The molecule has 1 atom stereocenters. The fourth-order valence-corrected chi connectivity index (χ4v) is 5.47. The van der Waals surface area contributed by atoms with Crippen LogP contribution in [0.3, 0.4) is 0 Å².